The number of fused-ring (bicyclic) bond motifs is 1. The van der Waals surface area contributed by atoms with Crippen molar-refractivity contribution < 1.29 is 19.4 Å². The molecule has 98 valence electrons. The lowest BCUT2D eigenvalue weighted by Crippen LogP contribution is -2.32. The Hall–Kier alpha value is -1.75. The van der Waals surface area contributed by atoms with Gasteiger partial charge in [-0.2, -0.15) is 0 Å². The Morgan fingerprint density at radius 2 is 2.00 bits per heavy atom. The van der Waals surface area contributed by atoms with Crippen molar-refractivity contribution in [3.63, 3.8) is 0 Å². The van der Waals surface area contributed by atoms with Crippen LogP contribution >= 0.6 is 0 Å². The van der Waals surface area contributed by atoms with Crippen LogP contribution in [0, 0.1) is 11.8 Å². The van der Waals surface area contributed by atoms with E-state index in [1.54, 1.807) is 18.2 Å². The van der Waals surface area contributed by atoms with Crippen LogP contribution < -0.4 is 15.2 Å². The van der Waals surface area contributed by atoms with Crippen molar-refractivity contribution in [2.24, 2.45) is 17.6 Å². The smallest absolute Gasteiger partial charge is 0.308 e. The van der Waals surface area contributed by atoms with Crippen LogP contribution in [0.3, 0.4) is 0 Å². The van der Waals surface area contributed by atoms with Crippen LogP contribution in [0.1, 0.15) is 25.5 Å². The predicted octanol–water partition coefficient (Wildman–Crippen LogP) is 1.77. The summed E-state index contributed by atoms with van der Waals surface area (Å²) < 4.78 is 10.5. The van der Waals surface area contributed by atoms with Crippen molar-refractivity contribution in [1.82, 2.24) is 0 Å². The Morgan fingerprint density at radius 1 is 1.33 bits per heavy atom. The highest BCUT2D eigenvalue weighted by molar-refractivity contribution is 5.71. The summed E-state index contributed by atoms with van der Waals surface area (Å²) in [4.78, 5) is 11.3. The molecule has 3 N–H and O–H groups in total. The van der Waals surface area contributed by atoms with Gasteiger partial charge >= 0.3 is 5.97 Å². The van der Waals surface area contributed by atoms with Crippen LogP contribution in [0.4, 0.5) is 0 Å². The van der Waals surface area contributed by atoms with E-state index in [1.807, 2.05) is 13.8 Å². The highest BCUT2D eigenvalue weighted by Crippen LogP contribution is 2.36. The maximum Gasteiger partial charge on any atom is 0.308 e. The number of nitrogens with two attached hydrogens (primary N) is 1. The molecule has 1 aromatic carbocycles. The Balaban J connectivity index is 2.27. The molecule has 2 atom stereocenters. The normalized spacial score (nSPS) is 16.7. The SMILES string of the molecule is CC(C)C(C(=O)O)C(N)c1ccc2c(c1)OCO2. The minimum Gasteiger partial charge on any atom is -0.481 e. The minimum absolute atomic E-state index is 0.0390. The maximum absolute atomic E-state index is 11.3. The fourth-order valence-electron chi connectivity index (χ4n) is 2.18. The van der Waals surface area contributed by atoms with Gasteiger partial charge in [-0.05, 0) is 23.6 Å². The fraction of sp³-hybridized carbons (Fsp3) is 0.462. The van der Waals surface area contributed by atoms with Gasteiger partial charge in [0.05, 0.1) is 5.92 Å². The number of carboxylic acid groups (broad SMARTS) is 1. The number of aliphatic carboxylic acids is 1. The van der Waals surface area contributed by atoms with E-state index >= 15 is 0 Å². The lowest BCUT2D eigenvalue weighted by molar-refractivity contribution is -0.144. The first-order chi connectivity index (χ1) is 8.50. The third kappa shape index (κ3) is 2.26. The van der Waals surface area contributed by atoms with E-state index in [0.29, 0.717) is 11.5 Å². The summed E-state index contributed by atoms with van der Waals surface area (Å²) in [6, 6.07) is 4.75. The van der Waals surface area contributed by atoms with Crippen LogP contribution in [0.5, 0.6) is 11.5 Å². The van der Waals surface area contributed by atoms with E-state index in [9.17, 15) is 9.90 Å². The van der Waals surface area contributed by atoms with Crippen LogP contribution in [0.15, 0.2) is 18.2 Å². The Morgan fingerprint density at radius 3 is 2.61 bits per heavy atom. The highest BCUT2D eigenvalue weighted by atomic mass is 16.7. The predicted molar refractivity (Wildman–Crippen MR) is 65.5 cm³/mol. The summed E-state index contributed by atoms with van der Waals surface area (Å²) in [6.07, 6.45) is 0. The zero-order valence-electron chi connectivity index (χ0n) is 10.4. The number of hydrogen-bond acceptors (Lipinski definition) is 4. The average Bonchev–Trinajstić information content (AvgIpc) is 2.74. The van der Waals surface area contributed by atoms with Crippen molar-refractivity contribution >= 4 is 5.97 Å². The molecule has 0 saturated heterocycles. The van der Waals surface area contributed by atoms with Crippen molar-refractivity contribution in [2.75, 3.05) is 6.79 Å². The molecule has 1 aliphatic rings. The average molecular weight is 251 g/mol. The molecular formula is C13H17NO4. The number of benzene rings is 1. The second-order valence-electron chi connectivity index (χ2n) is 4.75. The van der Waals surface area contributed by atoms with Gasteiger partial charge in [0.15, 0.2) is 11.5 Å². The maximum atomic E-state index is 11.3. The van der Waals surface area contributed by atoms with Gasteiger partial charge in [-0.1, -0.05) is 19.9 Å². The molecule has 1 aliphatic heterocycles. The van der Waals surface area contributed by atoms with Gasteiger partial charge in [-0.3, -0.25) is 4.79 Å². The minimum atomic E-state index is -0.879. The van der Waals surface area contributed by atoms with E-state index in [4.69, 9.17) is 15.2 Å². The van der Waals surface area contributed by atoms with Crippen LogP contribution in [0.25, 0.3) is 0 Å². The first kappa shape index (κ1) is 12.7. The van der Waals surface area contributed by atoms with Gasteiger partial charge in [-0.15, -0.1) is 0 Å². The second-order valence-corrected chi connectivity index (χ2v) is 4.75. The molecular weight excluding hydrogens is 234 g/mol. The van der Waals surface area contributed by atoms with Gasteiger partial charge in [0.25, 0.3) is 0 Å². The molecule has 5 heteroatoms. The molecule has 0 fully saturated rings. The zero-order chi connectivity index (χ0) is 13.3. The summed E-state index contributed by atoms with van der Waals surface area (Å²) in [7, 11) is 0. The van der Waals surface area contributed by atoms with E-state index < -0.39 is 17.9 Å². The molecule has 0 bridgehead atoms. The van der Waals surface area contributed by atoms with Crippen LogP contribution in [-0.2, 0) is 4.79 Å². The Labute approximate surface area is 106 Å². The third-order valence-corrected chi connectivity index (χ3v) is 3.17. The van der Waals surface area contributed by atoms with Gasteiger partial charge < -0.3 is 20.3 Å². The van der Waals surface area contributed by atoms with E-state index in [-0.39, 0.29) is 12.7 Å². The number of carboxylic acids is 1. The van der Waals surface area contributed by atoms with Gasteiger partial charge in [0, 0.05) is 6.04 Å². The first-order valence-electron chi connectivity index (χ1n) is 5.88. The zero-order valence-corrected chi connectivity index (χ0v) is 10.4. The largest absolute Gasteiger partial charge is 0.481 e. The summed E-state index contributed by atoms with van der Waals surface area (Å²) >= 11 is 0. The Kier molecular flexibility index (Phi) is 3.43. The lowest BCUT2D eigenvalue weighted by Gasteiger charge is -2.23. The first-order valence-corrected chi connectivity index (χ1v) is 5.88. The van der Waals surface area contributed by atoms with E-state index in [1.165, 1.54) is 0 Å². The van der Waals surface area contributed by atoms with Gasteiger partial charge in [0.1, 0.15) is 0 Å². The number of hydrogen-bond donors (Lipinski definition) is 2. The molecule has 1 heterocycles. The molecule has 2 rings (SSSR count). The molecule has 2 unspecified atom stereocenters. The molecule has 0 saturated carbocycles. The van der Waals surface area contributed by atoms with Crippen molar-refractivity contribution in [1.29, 1.82) is 0 Å². The quantitative estimate of drug-likeness (QED) is 0.852. The number of ether oxygens (including phenoxy) is 2. The van der Waals surface area contributed by atoms with Crippen molar-refractivity contribution in [3.8, 4) is 11.5 Å². The molecule has 0 amide bonds. The second kappa shape index (κ2) is 4.86. The summed E-state index contributed by atoms with van der Waals surface area (Å²) in [5, 5.41) is 9.23. The molecule has 0 aliphatic carbocycles. The van der Waals surface area contributed by atoms with Gasteiger partial charge in [-0.25, -0.2) is 0 Å². The molecule has 0 radical (unpaired) electrons. The standard InChI is InChI=1S/C13H17NO4/c1-7(2)11(13(15)16)12(14)8-3-4-9-10(5-8)18-6-17-9/h3-5,7,11-12H,6,14H2,1-2H3,(H,15,16). The summed E-state index contributed by atoms with van der Waals surface area (Å²) in [5.41, 5.74) is 6.81. The molecule has 5 nitrogen and oxygen atoms in total. The van der Waals surface area contributed by atoms with E-state index in [2.05, 4.69) is 0 Å². The van der Waals surface area contributed by atoms with E-state index in [0.717, 1.165) is 5.56 Å². The monoisotopic (exact) mass is 251 g/mol. The summed E-state index contributed by atoms with van der Waals surface area (Å²) in [5.74, 6) is -0.248. The van der Waals surface area contributed by atoms with Crippen molar-refractivity contribution in [3.05, 3.63) is 23.8 Å². The molecule has 18 heavy (non-hydrogen) atoms. The lowest BCUT2D eigenvalue weighted by atomic mass is 9.85. The summed E-state index contributed by atoms with van der Waals surface area (Å²) in [6.45, 7) is 3.90. The highest BCUT2D eigenvalue weighted by Gasteiger charge is 2.30. The molecule has 0 spiro atoms. The number of carbonyl (C=O) groups is 1. The van der Waals surface area contributed by atoms with Crippen LogP contribution in [0.2, 0.25) is 0 Å². The van der Waals surface area contributed by atoms with Crippen LogP contribution in [-0.4, -0.2) is 17.9 Å². The topological polar surface area (TPSA) is 81.8 Å². The molecule has 1 aromatic rings. The van der Waals surface area contributed by atoms with Crippen molar-refractivity contribution in [2.45, 2.75) is 19.9 Å². The third-order valence-electron chi connectivity index (χ3n) is 3.17. The molecule has 0 aromatic heterocycles. The Bertz CT molecular complexity index is 458. The number of rotatable bonds is 4. The van der Waals surface area contributed by atoms with Gasteiger partial charge in [0.2, 0.25) is 6.79 Å². The fourth-order valence-corrected chi connectivity index (χ4v) is 2.18.